The van der Waals surface area contributed by atoms with E-state index in [0.29, 0.717) is 6.54 Å². The molecule has 0 aliphatic heterocycles. The molecule has 1 aromatic carbocycles. The van der Waals surface area contributed by atoms with Gasteiger partial charge in [-0.3, -0.25) is 0 Å². The topological polar surface area (TPSA) is 63.8 Å². The number of anilines is 1. The number of hydrogen-bond donors (Lipinski definition) is 2. The summed E-state index contributed by atoms with van der Waals surface area (Å²) in [6.07, 6.45) is 3.48. The van der Waals surface area contributed by atoms with Gasteiger partial charge in [-0.05, 0) is 30.9 Å². The minimum atomic E-state index is 0.615. The maximum absolute atomic E-state index is 5.52. The van der Waals surface area contributed by atoms with Gasteiger partial charge in [-0.15, -0.1) is 11.8 Å². The third kappa shape index (κ3) is 5.19. The van der Waals surface area contributed by atoms with Crippen molar-refractivity contribution < 1.29 is 0 Å². The lowest BCUT2D eigenvalue weighted by Crippen LogP contribution is -2.08. The number of aromatic nitrogens is 2. The van der Waals surface area contributed by atoms with Crippen LogP contribution in [0.25, 0.3) is 0 Å². The summed E-state index contributed by atoms with van der Waals surface area (Å²) in [6, 6.07) is 12.4. The van der Waals surface area contributed by atoms with Crippen LogP contribution in [0.5, 0.6) is 0 Å². The van der Waals surface area contributed by atoms with Crippen LogP contribution in [0.2, 0.25) is 0 Å². The summed E-state index contributed by atoms with van der Waals surface area (Å²) in [6.45, 7) is 1.53. The molecule has 4 nitrogen and oxygen atoms in total. The zero-order chi connectivity index (χ0) is 14.0. The summed E-state index contributed by atoms with van der Waals surface area (Å²) < 4.78 is 0. The number of benzene rings is 1. The van der Waals surface area contributed by atoms with Crippen LogP contribution < -0.4 is 11.1 Å². The Morgan fingerprint density at radius 3 is 2.80 bits per heavy atom. The summed E-state index contributed by atoms with van der Waals surface area (Å²) in [5.74, 6) is 1.98. The molecule has 1 heterocycles. The second-order valence-electron chi connectivity index (χ2n) is 4.38. The van der Waals surface area contributed by atoms with Crippen molar-refractivity contribution >= 4 is 17.6 Å². The van der Waals surface area contributed by atoms with Gasteiger partial charge in [0.2, 0.25) is 0 Å². The predicted octanol–water partition coefficient (Wildman–Crippen LogP) is 2.57. The SMILES string of the molecule is NCCc1cc(NCCCSc2ccccc2)ncn1. The van der Waals surface area contributed by atoms with Crippen molar-refractivity contribution in [2.75, 3.05) is 24.2 Å². The summed E-state index contributed by atoms with van der Waals surface area (Å²) in [5.41, 5.74) is 6.51. The summed E-state index contributed by atoms with van der Waals surface area (Å²) in [4.78, 5) is 9.70. The van der Waals surface area contributed by atoms with Crippen molar-refractivity contribution in [2.45, 2.75) is 17.7 Å². The van der Waals surface area contributed by atoms with E-state index in [1.807, 2.05) is 23.9 Å². The summed E-state index contributed by atoms with van der Waals surface area (Å²) in [5, 5.41) is 3.32. The van der Waals surface area contributed by atoms with Gasteiger partial charge in [-0.25, -0.2) is 9.97 Å². The molecule has 0 amide bonds. The Balaban J connectivity index is 1.67. The Hall–Kier alpha value is -1.59. The number of nitrogens with two attached hydrogens (primary N) is 1. The first-order valence-corrected chi connectivity index (χ1v) is 7.80. The molecule has 106 valence electrons. The van der Waals surface area contributed by atoms with Crippen molar-refractivity contribution in [3.8, 4) is 0 Å². The lowest BCUT2D eigenvalue weighted by Gasteiger charge is -2.06. The molecule has 0 spiro atoms. The van der Waals surface area contributed by atoms with E-state index in [4.69, 9.17) is 5.73 Å². The Bertz CT molecular complexity index is 504. The molecule has 0 fully saturated rings. The molecule has 1 aromatic heterocycles. The van der Waals surface area contributed by atoms with Crippen LogP contribution in [0, 0.1) is 0 Å². The zero-order valence-electron chi connectivity index (χ0n) is 11.5. The monoisotopic (exact) mass is 288 g/mol. The van der Waals surface area contributed by atoms with Crippen LogP contribution >= 0.6 is 11.8 Å². The van der Waals surface area contributed by atoms with Crippen LogP contribution in [0.15, 0.2) is 47.6 Å². The molecule has 0 bridgehead atoms. The van der Waals surface area contributed by atoms with E-state index in [1.165, 1.54) is 4.90 Å². The lowest BCUT2D eigenvalue weighted by atomic mass is 10.3. The standard InChI is InChI=1S/C15H20N4S/c16-8-7-13-11-15(19-12-18-13)17-9-4-10-20-14-5-2-1-3-6-14/h1-3,5-6,11-12H,4,7-10,16H2,(H,17,18,19). The van der Waals surface area contributed by atoms with E-state index < -0.39 is 0 Å². The van der Waals surface area contributed by atoms with Gasteiger partial charge >= 0.3 is 0 Å². The summed E-state index contributed by atoms with van der Waals surface area (Å²) >= 11 is 1.88. The molecule has 0 unspecified atom stereocenters. The average molecular weight is 288 g/mol. The van der Waals surface area contributed by atoms with Crippen LogP contribution in [0.4, 0.5) is 5.82 Å². The maximum atomic E-state index is 5.52. The second kappa shape index (κ2) is 8.55. The van der Waals surface area contributed by atoms with E-state index >= 15 is 0 Å². The highest BCUT2D eigenvalue weighted by molar-refractivity contribution is 7.99. The Kier molecular flexibility index (Phi) is 6.34. The minimum Gasteiger partial charge on any atom is -0.370 e. The van der Waals surface area contributed by atoms with Gasteiger partial charge in [0, 0.05) is 29.6 Å². The van der Waals surface area contributed by atoms with Crippen LogP contribution in [-0.2, 0) is 6.42 Å². The van der Waals surface area contributed by atoms with E-state index in [-0.39, 0.29) is 0 Å². The molecule has 5 heteroatoms. The molecule has 0 atom stereocenters. The van der Waals surface area contributed by atoms with Crippen molar-refractivity contribution in [1.29, 1.82) is 0 Å². The molecule has 0 saturated carbocycles. The Morgan fingerprint density at radius 1 is 1.15 bits per heavy atom. The number of thioether (sulfide) groups is 1. The number of rotatable bonds is 8. The van der Waals surface area contributed by atoms with Crippen LogP contribution in [0.3, 0.4) is 0 Å². The second-order valence-corrected chi connectivity index (χ2v) is 5.54. The van der Waals surface area contributed by atoms with Gasteiger partial charge in [0.05, 0.1) is 0 Å². The first kappa shape index (κ1) is 14.8. The van der Waals surface area contributed by atoms with Gasteiger partial charge in [0.15, 0.2) is 0 Å². The van der Waals surface area contributed by atoms with Crippen molar-refractivity contribution in [3.05, 3.63) is 48.4 Å². The minimum absolute atomic E-state index is 0.615. The fourth-order valence-corrected chi connectivity index (χ4v) is 2.65. The number of nitrogens with one attached hydrogen (secondary N) is 1. The normalized spacial score (nSPS) is 10.4. The molecular formula is C15H20N4S. The smallest absolute Gasteiger partial charge is 0.129 e. The third-order valence-electron chi connectivity index (χ3n) is 2.76. The Morgan fingerprint density at radius 2 is 2.00 bits per heavy atom. The number of hydrogen-bond acceptors (Lipinski definition) is 5. The predicted molar refractivity (Wildman–Crippen MR) is 85.1 cm³/mol. The fourth-order valence-electron chi connectivity index (χ4n) is 1.77. The fraction of sp³-hybridized carbons (Fsp3) is 0.333. The number of nitrogens with zero attached hydrogens (tertiary/aromatic N) is 2. The third-order valence-corrected chi connectivity index (χ3v) is 3.86. The van der Waals surface area contributed by atoms with Crippen molar-refractivity contribution in [3.63, 3.8) is 0 Å². The van der Waals surface area contributed by atoms with E-state index in [2.05, 4.69) is 39.6 Å². The van der Waals surface area contributed by atoms with Crippen LogP contribution in [0.1, 0.15) is 12.1 Å². The van der Waals surface area contributed by atoms with Gasteiger partial charge in [0.25, 0.3) is 0 Å². The summed E-state index contributed by atoms with van der Waals surface area (Å²) in [7, 11) is 0. The van der Waals surface area contributed by atoms with E-state index in [0.717, 1.165) is 36.7 Å². The van der Waals surface area contributed by atoms with Gasteiger partial charge in [-0.2, -0.15) is 0 Å². The van der Waals surface area contributed by atoms with E-state index in [1.54, 1.807) is 6.33 Å². The average Bonchev–Trinajstić information content (AvgIpc) is 2.49. The van der Waals surface area contributed by atoms with E-state index in [9.17, 15) is 0 Å². The zero-order valence-corrected chi connectivity index (χ0v) is 12.3. The molecule has 3 N–H and O–H groups in total. The molecule has 0 aliphatic rings. The van der Waals surface area contributed by atoms with Crippen LogP contribution in [-0.4, -0.2) is 28.8 Å². The Labute approximate surface area is 124 Å². The lowest BCUT2D eigenvalue weighted by molar-refractivity contribution is 0.903. The largest absolute Gasteiger partial charge is 0.370 e. The first-order valence-electron chi connectivity index (χ1n) is 6.81. The highest BCUT2D eigenvalue weighted by Gasteiger charge is 1.98. The van der Waals surface area contributed by atoms with Gasteiger partial charge in [0.1, 0.15) is 12.1 Å². The maximum Gasteiger partial charge on any atom is 0.129 e. The molecule has 2 rings (SSSR count). The van der Waals surface area contributed by atoms with Gasteiger partial charge < -0.3 is 11.1 Å². The molecule has 0 saturated heterocycles. The highest BCUT2D eigenvalue weighted by atomic mass is 32.2. The van der Waals surface area contributed by atoms with Gasteiger partial charge in [-0.1, -0.05) is 18.2 Å². The molecule has 2 aromatic rings. The molecule has 0 aliphatic carbocycles. The highest BCUT2D eigenvalue weighted by Crippen LogP contribution is 2.17. The van der Waals surface area contributed by atoms with Crippen molar-refractivity contribution in [1.82, 2.24) is 9.97 Å². The molecular weight excluding hydrogens is 268 g/mol. The quantitative estimate of drug-likeness (QED) is 0.577. The van der Waals surface area contributed by atoms with Crippen molar-refractivity contribution in [2.24, 2.45) is 5.73 Å². The first-order chi connectivity index (χ1) is 9.88. The molecule has 0 radical (unpaired) electrons. The molecule has 20 heavy (non-hydrogen) atoms.